The SMILES string of the molecule is O=C(Oc1ccc(OC(=O)c2ccc(OCCCCOC(=O)C3CO3)cc2)cc1)c1ccc(OC#CC#COC(=O)C2CO2)cc1. The van der Waals surface area contributed by atoms with E-state index in [1.807, 2.05) is 0 Å². The first-order valence-electron chi connectivity index (χ1n) is 14.1. The molecule has 0 N–H and O–H groups in total. The van der Waals surface area contributed by atoms with Gasteiger partial charge in [0.1, 0.15) is 35.2 Å². The van der Waals surface area contributed by atoms with Gasteiger partial charge in [0.15, 0.2) is 12.2 Å². The molecule has 2 aliphatic heterocycles. The van der Waals surface area contributed by atoms with Crippen molar-refractivity contribution in [1.82, 2.24) is 0 Å². The number of rotatable bonds is 13. The summed E-state index contributed by atoms with van der Waals surface area (Å²) in [6.07, 6.45) is 4.91. The highest BCUT2D eigenvalue weighted by atomic mass is 16.6. The Morgan fingerprint density at radius 3 is 1.65 bits per heavy atom. The molecule has 2 unspecified atom stereocenters. The van der Waals surface area contributed by atoms with Crippen molar-refractivity contribution in [1.29, 1.82) is 0 Å². The van der Waals surface area contributed by atoms with Gasteiger partial charge in [-0.25, -0.2) is 19.2 Å². The average molecular weight is 627 g/mol. The van der Waals surface area contributed by atoms with E-state index in [0.717, 1.165) is 0 Å². The number of epoxide rings is 2. The Balaban J connectivity index is 0.999. The van der Waals surface area contributed by atoms with E-state index in [1.54, 1.807) is 24.3 Å². The molecule has 234 valence electrons. The summed E-state index contributed by atoms with van der Waals surface area (Å²) in [5, 5.41) is 0. The van der Waals surface area contributed by atoms with Crippen LogP contribution in [0.4, 0.5) is 0 Å². The lowest BCUT2D eigenvalue weighted by atomic mass is 10.2. The molecule has 5 rings (SSSR count). The molecule has 0 aliphatic carbocycles. The van der Waals surface area contributed by atoms with E-state index in [0.29, 0.717) is 56.3 Å². The molecule has 0 amide bonds. The van der Waals surface area contributed by atoms with Gasteiger partial charge < -0.3 is 37.9 Å². The fraction of sp³-hybridized carbons (Fsp3) is 0.235. The minimum atomic E-state index is -0.607. The van der Waals surface area contributed by atoms with Gasteiger partial charge in [-0.05, 0) is 85.6 Å². The molecular formula is C34H26O12. The van der Waals surface area contributed by atoms with Crippen molar-refractivity contribution in [3.63, 3.8) is 0 Å². The highest BCUT2D eigenvalue weighted by Crippen LogP contribution is 2.21. The van der Waals surface area contributed by atoms with Gasteiger partial charge in [-0.2, -0.15) is 0 Å². The van der Waals surface area contributed by atoms with Crippen LogP contribution in [0.5, 0.6) is 23.0 Å². The van der Waals surface area contributed by atoms with Gasteiger partial charge in [0.25, 0.3) is 0 Å². The molecule has 0 bridgehead atoms. The largest absolute Gasteiger partial charge is 0.494 e. The zero-order chi connectivity index (χ0) is 32.1. The van der Waals surface area contributed by atoms with Crippen molar-refractivity contribution in [3.05, 3.63) is 83.9 Å². The van der Waals surface area contributed by atoms with Gasteiger partial charge >= 0.3 is 23.9 Å². The zero-order valence-corrected chi connectivity index (χ0v) is 24.2. The molecule has 0 radical (unpaired) electrons. The Kier molecular flexibility index (Phi) is 10.8. The van der Waals surface area contributed by atoms with Crippen LogP contribution in [0.3, 0.4) is 0 Å². The van der Waals surface area contributed by atoms with Crippen LogP contribution in [0.1, 0.15) is 33.6 Å². The lowest BCUT2D eigenvalue weighted by Crippen LogP contribution is -2.12. The molecule has 2 fully saturated rings. The van der Waals surface area contributed by atoms with Crippen molar-refractivity contribution >= 4 is 23.9 Å². The molecule has 46 heavy (non-hydrogen) atoms. The van der Waals surface area contributed by atoms with E-state index in [-0.39, 0.29) is 23.0 Å². The Labute approximate surface area is 263 Å². The summed E-state index contributed by atoms with van der Waals surface area (Å²) in [6.45, 7) is 1.51. The van der Waals surface area contributed by atoms with Crippen molar-refractivity contribution in [3.8, 4) is 47.1 Å². The second-order valence-electron chi connectivity index (χ2n) is 9.64. The van der Waals surface area contributed by atoms with Crippen LogP contribution < -0.4 is 18.9 Å². The average Bonchev–Trinajstić information content (AvgIpc) is 3.99. The summed E-state index contributed by atoms with van der Waals surface area (Å²) in [5.41, 5.74) is 0.593. The van der Waals surface area contributed by atoms with E-state index < -0.39 is 30.1 Å². The van der Waals surface area contributed by atoms with Crippen LogP contribution in [-0.4, -0.2) is 62.5 Å². The van der Waals surface area contributed by atoms with Crippen LogP contribution in [0.25, 0.3) is 0 Å². The van der Waals surface area contributed by atoms with Crippen molar-refractivity contribution in [2.45, 2.75) is 25.0 Å². The molecule has 12 nitrogen and oxygen atoms in total. The van der Waals surface area contributed by atoms with Crippen molar-refractivity contribution < 1.29 is 57.1 Å². The van der Waals surface area contributed by atoms with E-state index in [2.05, 4.69) is 28.8 Å². The maximum absolute atomic E-state index is 12.6. The smallest absolute Gasteiger partial charge is 0.351 e. The van der Waals surface area contributed by atoms with E-state index in [9.17, 15) is 19.2 Å². The van der Waals surface area contributed by atoms with Crippen LogP contribution in [0.2, 0.25) is 0 Å². The summed E-state index contributed by atoms with van der Waals surface area (Å²) in [5.74, 6) is 4.09. The topological polar surface area (TPSA) is 149 Å². The number of ether oxygens (including phenoxy) is 8. The quantitative estimate of drug-likeness (QED) is 0.0899. The lowest BCUT2D eigenvalue weighted by Gasteiger charge is -2.09. The highest BCUT2D eigenvalue weighted by Gasteiger charge is 2.33. The Bertz CT molecular complexity index is 1660. The fourth-order valence-corrected chi connectivity index (χ4v) is 3.56. The number of esters is 4. The summed E-state index contributed by atoms with van der Waals surface area (Å²) >= 11 is 0. The Morgan fingerprint density at radius 2 is 1.09 bits per heavy atom. The van der Waals surface area contributed by atoms with E-state index in [4.69, 9.17) is 33.2 Å². The standard InChI is InChI=1S/C34H26O12/c35-31(23-5-9-25(10-6-23)39-17-1-3-19-41-33(37)29-21-43-29)45-27-13-15-28(16-14-27)46-32(36)24-7-11-26(12-8-24)40-18-2-4-20-42-34(38)30-22-44-30/h5-16,29-30H,1,3,17,19,21-22H2. The third-order valence-corrected chi connectivity index (χ3v) is 6.15. The van der Waals surface area contributed by atoms with E-state index in [1.165, 1.54) is 48.5 Å². The number of hydrogen-bond acceptors (Lipinski definition) is 12. The minimum Gasteiger partial charge on any atom is -0.494 e. The monoisotopic (exact) mass is 626 g/mol. The summed E-state index contributed by atoms with van der Waals surface area (Å²) in [4.78, 5) is 47.7. The van der Waals surface area contributed by atoms with Gasteiger partial charge in [-0.1, -0.05) is 0 Å². The second-order valence-corrected chi connectivity index (χ2v) is 9.64. The molecule has 12 heteroatoms. The zero-order valence-electron chi connectivity index (χ0n) is 24.2. The number of hydrogen-bond donors (Lipinski definition) is 0. The highest BCUT2D eigenvalue weighted by molar-refractivity contribution is 5.92. The molecule has 2 heterocycles. The summed E-state index contributed by atoms with van der Waals surface area (Å²) < 4.78 is 40.9. The molecule has 0 spiro atoms. The normalized spacial score (nSPS) is 15.4. The van der Waals surface area contributed by atoms with Gasteiger partial charge in [0.2, 0.25) is 0 Å². The van der Waals surface area contributed by atoms with E-state index >= 15 is 0 Å². The predicted octanol–water partition coefficient (Wildman–Crippen LogP) is 3.47. The van der Waals surface area contributed by atoms with Gasteiger partial charge in [0.05, 0.1) is 37.6 Å². The van der Waals surface area contributed by atoms with Crippen molar-refractivity contribution in [2.75, 3.05) is 26.4 Å². The summed E-state index contributed by atoms with van der Waals surface area (Å²) in [7, 11) is 0. The van der Waals surface area contributed by atoms with Gasteiger partial charge in [0, 0.05) is 11.8 Å². The third kappa shape index (κ3) is 10.1. The molecule has 3 aromatic carbocycles. The molecule has 2 atom stereocenters. The number of unbranched alkanes of at least 4 members (excludes halogenated alkanes) is 1. The Morgan fingerprint density at radius 1 is 0.609 bits per heavy atom. The van der Waals surface area contributed by atoms with Crippen molar-refractivity contribution in [2.24, 2.45) is 0 Å². The van der Waals surface area contributed by atoms with Gasteiger partial charge in [-0.3, -0.25) is 0 Å². The lowest BCUT2D eigenvalue weighted by molar-refractivity contribution is -0.145. The molecule has 0 aromatic heterocycles. The third-order valence-electron chi connectivity index (χ3n) is 6.15. The molecule has 2 saturated heterocycles. The van der Waals surface area contributed by atoms with Crippen LogP contribution in [0, 0.1) is 24.1 Å². The number of carbonyl (C=O) groups is 4. The fourth-order valence-electron chi connectivity index (χ4n) is 3.56. The van der Waals surface area contributed by atoms with Gasteiger partial charge in [-0.15, -0.1) is 0 Å². The van der Waals surface area contributed by atoms with Crippen LogP contribution in [0.15, 0.2) is 72.8 Å². The first-order valence-corrected chi connectivity index (χ1v) is 14.1. The first-order chi connectivity index (χ1) is 22.4. The maximum Gasteiger partial charge on any atom is 0.351 e. The number of benzene rings is 3. The second kappa shape index (κ2) is 15.8. The minimum absolute atomic E-state index is 0.250. The van der Waals surface area contributed by atoms with Crippen LogP contribution in [-0.2, 0) is 28.5 Å². The molecule has 3 aromatic rings. The van der Waals surface area contributed by atoms with Crippen LogP contribution >= 0.6 is 0 Å². The molecule has 0 saturated carbocycles. The first kappa shape index (κ1) is 31.6. The maximum atomic E-state index is 12.6. The molecular weight excluding hydrogens is 600 g/mol. The summed E-state index contributed by atoms with van der Waals surface area (Å²) in [6, 6.07) is 18.6. The number of carbonyl (C=O) groups excluding carboxylic acids is 4. The molecule has 2 aliphatic rings. The predicted molar refractivity (Wildman–Crippen MR) is 157 cm³/mol. The Hall–Kier alpha value is -5.82.